The van der Waals surface area contributed by atoms with Crippen LogP contribution in [0.15, 0.2) is 24.3 Å². The molecule has 1 aromatic rings. The molecule has 2 rings (SSSR count). The number of carbonyl (C=O) groups excluding carboxylic acids is 1. The van der Waals surface area contributed by atoms with Gasteiger partial charge in [0.25, 0.3) is 5.91 Å². The van der Waals surface area contributed by atoms with Crippen molar-refractivity contribution in [3.8, 4) is 0 Å². The van der Waals surface area contributed by atoms with E-state index in [-0.39, 0.29) is 12.5 Å². The summed E-state index contributed by atoms with van der Waals surface area (Å²) in [5.41, 5.74) is 0.458. The Morgan fingerprint density at radius 3 is 2.74 bits per heavy atom. The molecule has 1 atom stereocenters. The predicted octanol–water partition coefficient (Wildman–Crippen LogP) is 2.51. The van der Waals surface area contributed by atoms with Crippen LogP contribution in [0.4, 0.5) is 0 Å². The standard InChI is InChI=1S/C12H13Cl2NO3S/c13-10-4-1-3-9(7-10)12(16)15-6-2-5-11(8-15)19(14,17)18/h1,3-4,7,11H,2,5-6,8H2. The Hall–Kier alpha value is -0.780. The number of carbonyl (C=O) groups is 1. The normalized spacial score (nSPS) is 20.3. The highest BCUT2D eigenvalue weighted by Crippen LogP contribution is 2.22. The Labute approximate surface area is 121 Å². The van der Waals surface area contributed by atoms with Gasteiger partial charge in [-0.25, -0.2) is 8.42 Å². The number of nitrogens with zero attached hydrogens (tertiary/aromatic N) is 1. The highest BCUT2D eigenvalue weighted by atomic mass is 35.7. The number of hydrogen-bond donors (Lipinski definition) is 0. The third kappa shape index (κ3) is 3.61. The maximum absolute atomic E-state index is 12.3. The first-order valence-corrected chi connectivity index (χ1v) is 8.61. The molecule has 0 spiro atoms. The van der Waals surface area contributed by atoms with E-state index >= 15 is 0 Å². The summed E-state index contributed by atoms with van der Waals surface area (Å²) in [5, 5.41) is -0.213. The van der Waals surface area contributed by atoms with E-state index in [9.17, 15) is 13.2 Å². The van der Waals surface area contributed by atoms with Crippen molar-refractivity contribution in [2.75, 3.05) is 13.1 Å². The van der Waals surface area contributed by atoms with Crippen LogP contribution in [0.3, 0.4) is 0 Å². The van der Waals surface area contributed by atoms with Crippen molar-refractivity contribution in [1.82, 2.24) is 4.90 Å². The lowest BCUT2D eigenvalue weighted by atomic mass is 10.1. The van der Waals surface area contributed by atoms with Crippen LogP contribution in [0.5, 0.6) is 0 Å². The second-order valence-electron chi connectivity index (χ2n) is 4.50. The van der Waals surface area contributed by atoms with E-state index in [0.29, 0.717) is 30.0 Å². The maximum atomic E-state index is 12.3. The number of piperidine rings is 1. The fourth-order valence-corrected chi connectivity index (χ4v) is 3.59. The lowest BCUT2D eigenvalue weighted by molar-refractivity contribution is 0.0727. The lowest BCUT2D eigenvalue weighted by Gasteiger charge is -2.31. The molecular weight excluding hydrogens is 309 g/mol. The molecule has 104 valence electrons. The zero-order valence-corrected chi connectivity index (χ0v) is 12.4. The van der Waals surface area contributed by atoms with Crippen molar-refractivity contribution >= 4 is 37.2 Å². The van der Waals surface area contributed by atoms with E-state index in [1.807, 2.05) is 0 Å². The number of hydrogen-bond acceptors (Lipinski definition) is 3. The lowest BCUT2D eigenvalue weighted by Crippen LogP contribution is -2.44. The predicted molar refractivity (Wildman–Crippen MR) is 75.2 cm³/mol. The number of halogens is 2. The fraction of sp³-hybridized carbons (Fsp3) is 0.417. The molecule has 4 nitrogen and oxygen atoms in total. The summed E-state index contributed by atoms with van der Waals surface area (Å²) in [7, 11) is 1.74. The van der Waals surface area contributed by atoms with Gasteiger partial charge in [-0.15, -0.1) is 0 Å². The molecule has 1 aromatic carbocycles. The molecule has 0 N–H and O–H groups in total. The van der Waals surface area contributed by atoms with E-state index in [1.54, 1.807) is 24.3 Å². The minimum absolute atomic E-state index is 0.136. The molecule has 0 aromatic heterocycles. The van der Waals surface area contributed by atoms with Crippen LogP contribution in [0.25, 0.3) is 0 Å². The van der Waals surface area contributed by atoms with Crippen LogP contribution in [-0.2, 0) is 9.05 Å². The average Bonchev–Trinajstić information content (AvgIpc) is 2.37. The number of benzene rings is 1. The Kier molecular flexibility index (Phi) is 4.38. The van der Waals surface area contributed by atoms with Crippen molar-refractivity contribution in [3.05, 3.63) is 34.9 Å². The molecule has 0 bridgehead atoms. The Morgan fingerprint density at radius 2 is 2.11 bits per heavy atom. The van der Waals surface area contributed by atoms with Crippen molar-refractivity contribution in [1.29, 1.82) is 0 Å². The molecule has 19 heavy (non-hydrogen) atoms. The van der Waals surface area contributed by atoms with E-state index in [2.05, 4.69) is 0 Å². The number of rotatable bonds is 2. The van der Waals surface area contributed by atoms with Crippen LogP contribution >= 0.6 is 22.3 Å². The molecule has 0 saturated carbocycles. The highest BCUT2D eigenvalue weighted by molar-refractivity contribution is 8.14. The zero-order valence-electron chi connectivity index (χ0n) is 10.1. The summed E-state index contributed by atoms with van der Waals surface area (Å²) in [6.45, 7) is 0.672. The fourth-order valence-electron chi connectivity index (χ4n) is 2.16. The minimum atomic E-state index is -3.63. The maximum Gasteiger partial charge on any atom is 0.253 e. The first-order valence-electron chi connectivity index (χ1n) is 5.86. The van der Waals surface area contributed by atoms with Gasteiger partial charge in [-0.1, -0.05) is 17.7 Å². The second kappa shape index (κ2) is 5.69. The van der Waals surface area contributed by atoms with E-state index in [0.717, 1.165) is 0 Å². The van der Waals surface area contributed by atoms with Crippen molar-refractivity contribution in [3.63, 3.8) is 0 Å². The summed E-state index contributed by atoms with van der Waals surface area (Å²) in [6, 6.07) is 6.60. The van der Waals surface area contributed by atoms with Crippen molar-refractivity contribution < 1.29 is 13.2 Å². The van der Waals surface area contributed by atoms with Gasteiger partial charge in [-0.05, 0) is 31.0 Å². The third-order valence-corrected chi connectivity index (χ3v) is 5.31. The summed E-state index contributed by atoms with van der Waals surface area (Å²) >= 11 is 5.84. The van der Waals surface area contributed by atoms with E-state index < -0.39 is 14.3 Å². The van der Waals surface area contributed by atoms with Crippen LogP contribution < -0.4 is 0 Å². The molecule has 0 aliphatic carbocycles. The van der Waals surface area contributed by atoms with Crippen LogP contribution in [0.2, 0.25) is 5.02 Å². The molecule has 1 aliphatic heterocycles. The summed E-state index contributed by atoms with van der Waals surface area (Å²) in [5.74, 6) is -0.215. The quantitative estimate of drug-likeness (QED) is 0.786. The van der Waals surface area contributed by atoms with Crippen LogP contribution in [-0.4, -0.2) is 37.6 Å². The average molecular weight is 322 g/mol. The zero-order chi connectivity index (χ0) is 14.0. The van der Waals surface area contributed by atoms with E-state index in [1.165, 1.54) is 4.90 Å². The van der Waals surface area contributed by atoms with E-state index in [4.69, 9.17) is 22.3 Å². The Balaban J connectivity index is 2.16. The first kappa shape index (κ1) is 14.6. The molecule has 7 heteroatoms. The smallest absolute Gasteiger partial charge is 0.253 e. The molecule has 0 radical (unpaired) electrons. The molecule has 1 amide bonds. The summed E-state index contributed by atoms with van der Waals surface area (Å²) in [6.07, 6.45) is 1.12. The van der Waals surface area contributed by atoms with Gasteiger partial charge in [-0.2, -0.15) is 0 Å². The van der Waals surface area contributed by atoms with Gasteiger partial charge in [0.05, 0.1) is 5.25 Å². The molecule has 1 heterocycles. The van der Waals surface area contributed by atoms with Gasteiger partial charge in [0.2, 0.25) is 9.05 Å². The summed E-state index contributed by atoms with van der Waals surface area (Å²) in [4.78, 5) is 13.8. The third-order valence-electron chi connectivity index (χ3n) is 3.14. The van der Waals surface area contributed by atoms with Gasteiger partial charge in [0.1, 0.15) is 0 Å². The van der Waals surface area contributed by atoms with Gasteiger partial charge >= 0.3 is 0 Å². The van der Waals surface area contributed by atoms with Gasteiger partial charge in [0.15, 0.2) is 0 Å². The largest absolute Gasteiger partial charge is 0.337 e. The molecule has 1 fully saturated rings. The van der Waals surface area contributed by atoms with Gasteiger partial charge in [-0.3, -0.25) is 4.79 Å². The van der Waals surface area contributed by atoms with Gasteiger partial charge < -0.3 is 4.90 Å². The van der Waals surface area contributed by atoms with Crippen LogP contribution in [0.1, 0.15) is 23.2 Å². The SMILES string of the molecule is O=C(c1cccc(Cl)c1)N1CCCC(S(=O)(=O)Cl)C1. The highest BCUT2D eigenvalue weighted by Gasteiger charge is 2.31. The minimum Gasteiger partial charge on any atom is -0.337 e. The number of amides is 1. The summed E-state index contributed by atoms with van der Waals surface area (Å²) < 4.78 is 22.7. The molecule has 1 unspecified atom stereocenters. The second-order valence-corrected chi connectivity index (χ2v) is 7.85. The van der Waals surface area contributed by atoms with Crippen molar-refractivity contribution in [2.45, 2.75) is 18.1 Å². The molecule has 1 aliphatic rings. The topological polar surface area (TPSA) is 54.5 Å². The molecular formula is C12H13Cl2NO3S. The number of likely N-dealkylation sites (tertiary alicyclic amines) is 1. The van der Waals surface area contributed by atoms with Crippen molar-refractivity contribution in [2.24, 2.45) is 0 Å². The monoisotopic (exact) mass is 321 g/mol. The first-order chi connectivity index (χ1) is 8.88. The van der Waals surface area contributed by atoms with Gasteiger partial charge in [0, 0.05) is 34.4 Å². The Morgan fingerprint density at radius 1 is 1.37 bits per heavy atom. The Bertz CT molecular complexity index is 588. The van der Waals surface area contributed by atoms with Crippen LogP contribution in [0, 0.1) is 0 Å². The molecule has 1 saturated heterocycles.